The van der Waals surface area contributed by atoms with Gasteiger partial charge in [0, 0.05) is 39.5 Å². The summed E-state index contributed by atoms with van der Waals surface area (Å²) in [5.41, 5.74) is 0. The highest BCUT2D eigenvalue weighted by molar-refractivity contribution is 4.59. The van der Waals surface area contributed by atoms with Crippen LogP contribution in [0.3, 0.4) is 0 Å². The molecule has 2 rings (SSSR count). The fourth-order valence-corrected chi connectivity index (χ4v) is 1.49. The summed E-state index contributed by atoms with van der Waals surface area (Å²) in [5, 5.41) is 3.20. The topological polar surface area (TPSA) is 27.7 Å². The van der Waals surface area contributed by atoms with Gasteiger partial charge in [-0.05, 0) is 20.5 Å². The summed E-state index contributed by atoms with van der Waals surface area (Å²) in [6.45, 7) is 11.6. The third-order valence-corrected chi connectivity index (χ3v) is 2.50. The van der Waals surface area contributed by atoms with E-state index in [1.807, 2.05) is 13.8 Å². The molecule has 16 heavy (non-hydrogen) atoms. The number of nitrogens with zero attached hydrogens (tertiary/aromatic N) is 2. The number of rotatable bonds is 0. The lowest BCUT2D eigenvalue weighted by Gasteiger charge is -2.09. The fourth-order valence-electron chi connectivity index (χ4n) is 1.49. The van der Waals surface area contributed by atoms with Gasteiger partial charge in [-0.1, -0.05) is 13.8 Å². The van der Waals surface area contributed by atoms with Crippen molar-refractivity contribution in [2.75, 3.05) is 60.2 Å². The molecule has 0 aromatic carbocycles. The molecule has 0 aliphatic carbocycles. The molecule has 0 bridgehead atoms. The molecular formula is C12H29N3O. The molecule has 0 aromatic heterocycles. The molecule has 0 amide bonds. The maximum atomic E-state index is 5.22. The Bertz CT molecular complexity index is 130. The summed E-state index contributed by atoms with van der Waals surface area (Å²) in [7, 11) is 4.24. The Morgan fingerprint density at radius 2 is 1.69 bits per heavy atom. The van der Waals surface area contributed by atoms with E-state index in [9.17, 15) is 0 Å². The highest BCUT2D eigenvalue weighted by atomic mass is 16.5. The first kappa shape index (κ1) is 15.8. The van der Waals surface area contributed by atoms with Crippen LogP contribution in [0, 0.1) is 0 Å². The second-order valence-corrected chi connectivity index (χ2v) is 4.01. The van der Waals surface area contributed by atoms with Gasteiger partial charge >= 0.3 is 0 Å². The van der Waals surface area contributed by atoms with Gasteiger partial charge in [0.05, 0.1) is 6.61 Å². The standard InChI is InChI=1S/C6H13NO.C4H10N2.C2H6/c1-7-3-2-5-8-6-4-7;1-6-3-2-5-4-6;1-2/h2-6H2,1H3;5H,2-4H2,1H3;1-2H3. The van der Waals surface area contributed by atoms with Crippen LogP contribution in [-0.2, 0) is 4.74 Å². The van der Waals surface area contributed by atoms with Crippen LogP contribution in [0.4, 0.5) is 0 Å². The average molecular weight is 231 g/mol. The van der Waals surface area contributed by atoms with E-state index in [0.29, 0.717) is 0 Å². The van der Waals surface area contributed by atoms with Crippen molar-refractivity contribution in [2.45, 2.75) is 20.3 Å². The van der Waals surface area contributed by atoms with Gasteiger partial charge in [-0.25, -0.2) is 0 Å². The van der Waals surface area contributed by atoms with Crippen molar-refractivity contribution in [3.8, 4) is 0 Å². The van der Waals surface area contributed by atoms with Crippen molar-refractivity contribution in [1.82, 2.24) is 15.1 Å². The number of nitrogens with one attached hydrogen (secondary N) is 1. The molecule has 0 unspecified atom stereocenters. The Kier molecular flexibility index (Phi) is 11.2. The minimum atomic E-state index is 0.913. The second-order valence-electron chi connectivity index (χ2n) is 4.01. The molecule has 4 heteroatoms. The van der Waals surface area contributed by atoms with Gasteiger partial charge in [0.15, 0.2) is 0 Å². The maximum Gasteiger partial charge on any atom is 0.0593 e. The maximum absolute atomic E-state index is 5.22. The van der Waals surface area contributed by atoms with Crippen molar-refractivity contribution >= 4 is 0 Å². The summed E-state index contributed by atoms with van der Waals surface area (Å²) < 4.78 is 5.22. The van der Waals surface area contributed by atoms with Crippen molar-refractivity contribution in [3.63, 3.8) is 0 Å². The van der Waals surface area contributed by atoms with Gasteiger partial charge in [0.25, 0.3) is 0 Å². The Labute approximate surface area is 101 Å². The zero-order valence-corrected chi connectivity index (χ0v) is 11.5. The summed E-state index contributed by atoms with van der Waals surface area (Å²) in [6, 6.07) is 0. The van der Waals surface area contributed by atoms with Gasteiger partial charge in [-0.2, -0.15) is 0 Å². The molecule has 0 spiro atoms. The molecule has 0 saturated carbocycles. The van der Waals surface area contributed by atoms with E-state index in [1.165, 1.54) is 19.5 Å². The third-order valence-electron chi connectivity index (χ3n) is 2.50. The van der Waals surface area contributed by atoms with Crippen LogP contribution in [0.5, 0.6) is 0 Å². The third kappa shape index (κ3) is 9.09. The van der Waals surface area contributed by atoms with Crippen molar-refractivity contribution < 1.29 is 4.74 Å². The Hall–Kier alpha value is -0.160. The molecule has 4 nitrogen and oxygen atoms in total. The molecular weight excluding hydrogens is 202 g/mol. The molecule has 2 heterocycles. The Balaban J connectivity index is 0.000000251. The molecule has 0 radical (unpaired) electrons. The van der Waals surface area contributed by atoms with Crippen molar-refractivity contribution in [2.24, 2.45) is 0 Å². The van der Waals surface area contributed by atoms with E-state index < -0.39 is 0 Å². The van der Waals surface area contributed by atoms with Crippen molar-refractivity contribution in [3.05, 3.63) is 0 Å². The van der Waals surface area contributed by atoms with E-state index in [0.717, 1.165) is 33.0 Å². The van der Waals surface area contributed by atoms with E-state index in [2.05, 4.69) is 29.2 Å². The number of hydrogen-bond acceptors (Lipinski definition) is 4. The van der Waals surface area contributed by atoms with Crippen LogP contribution >= 0.6 is 0 Å². The zero-order valence-electron chi connectivity index (χ0n) is 11.5. The molecule has 98 valence electrons. The monoisotopic (exact) mass is 231 g/mol. The average Bonchev–Trinajstić information content (AvgIpc) is 2.65. The van der Waals surface area contributed by atoms with Crippen LogP contribution in [0.25, 0.3) is 0 Å². The highest BCUT2D eigenvalue weighted by Crippen LogP contribution is 1.93. The quantitative estimate of drug-likeness (QED) is 0.669. The first-order valence-electron chi connectivity index (χ1n) is 6.44. The minimum absolute atomic E-state index is 0.913. The molecule has 2 aliphatic rings. The predicted molar refractivity (Wildman–Crippen MR) is 69.8 cm³/mol. The lowest BCUT2D eigenvalue weighted by atomic mass is 10.4. The van der Waals surface area contributed by atoms with Crippen LogP contribution in [0.1, 0.15) is 20.3 Å². The van der Waals surface area contributed by atoms with Gasteiger partial charge in [0.2, 0.25) is 0 Å². The molecule has 0 atom stereocenters. The Morgan fingerprint density at radius 1 is 0.938 bits per heavy atom. The summed E-state index contributed by atoms with van der Waals surface area (Å²) in [4.78, 5) is 4.55. The molecule has 2 aliphatic heterocycles. The van der Waals surface area contributed by atoms with Gasteiger partial charge in [-0.3, -0.25) is 4.90 Å². The van der Waals surface area contributed by atoms with E-state index in [4.69, 9.17) is 4.74 Å². The largest absolute Gasteiger partial charge is 0.380 e. The molecule has 0 aromatic rings. The molecule has 2 saturated heterocycles. The normalized spacial score (nSPS) is 22.5. The lowest BCUT2D eigenvalue weighted by Crippen LogP contribution is -2.20. The highest BCUT2D eigenvalue weighted by Gasteiger charge is 2.02. The number of hydrogen-bond donors (Lipinski definition) is 1. The van der Waals surface area contributed by atoms with Gasteiger partial charge < -0.3 is 15.0 Å². The lowest BCUT2D eigenvalue weighted by molar-refractivity contribution is 0.144. The smallest absolute Gasteiger partial charge is 0.0593 e. The summed E-state index contributed by atoms with van der Waals surface area (Å²) >= 11 is 0. The number of likely N-dealkylation sites (N-methyl/N-ethyl adjacent to an activating group) is 2. The van der Waals surface area contributed by atoms with Crippen LogP contribution in [0.2, 0.25) is 0 Å². The van der Waals surface area contributed by atoms with Crippen LogP contribution < -0.4 is 5.32 Å². The number of ether oxygens (including phenoxy) is 1. The van der Waals surface area contributed by atoms with E-state index >= 15 is 0 Å². The van der Waals surface area contributed by atoms with E-state index in [-0.39, 0.29) is 0 Å². The SMILES string of the molecule is CC.CN1CCCOCC1.CN1CCNC1. The minimum Gasteiger partial charge on any atom is -0.380 e. The fraction of sp³-hybridized carbons (Fsp3) is 1.00. The predicted octanol–water partition coefficient (Wildman–Crippen LogP) is 0.844. The molecule has 2 fully saturated rings. The zero-order chi connectivity index (χ0) is 12.2. The van der Waals surface area contributed by atoms with E-state index in [1.54, 1.807) is 0 Å². The Morgan fingerprint density at radius 3 is 2.19 bits per heavy atom. The van der Waals surface area contributed by atoms with Crippen LogP contribution in [-0.4, -0.2) is 70.0 Å². The molecule has 1 N–H and O–H groups in total. The van der Waals surface area contributed by atoms with Crippen LogP contribution in [0.15, 0.2) is 0 Å². The first-order chi connectivity index (χ1) is 7.79. The van der Waals surface area contributed by atoms with Gasteiger partial charge in [-0.15, -0.1) is 0 Å². The van der Waals surface area contributed by atoms with Crippen molar-refractivity contribution in [1.29, 1.82) is 0 Å². The summed E-state index contributed by atoms with van der Waals surface area (Å²) in [5.74, 6) is 0. The second kappa shape index (κ2) is 11.3. The summed E-state index contributed by atoms with van der Waals surface area (Å²) in [6.07, 6.45) is 1.19. The first-order valence-corrected chi connectivity index (χ1v) is 6.44. The van der Waals surface area contributed by atoms with Gasteiger partial charge in [0.1, 0.15) is 0 Å².